The lowest BCUT2D eigenvalue weighted by molar-refractivity contribution is -0.167. The summed E-state index contributed by atoms with van der Waals surface area (Å²) in [6, 6.07) is 3.38. The highest BCUT2D eigenvalue weighted by Gasteiger charge is 2.48. The fourth-order valence-corrected chi connectivity index (χ4v) is 1.64. The van der Waals surface area contributed by atoms with Gasteiger partial charge in [-0.05, 0) is 23.6 Å². The van der Waals surface area contributed by atoms with Gasteiger partial charge in [0.15, 0.2) is 5.78 Å². The van der Waals surface area contributed by atoms with Crippen LogP contribution in [-0.4, -0.2) is 23.9 Å². The Morgan fingerprint density at radius 2 is 2.06 bits per heavy atom. The number of ketones is 2. The Labute approximate surface area is 104 Å². The van der Waals surface area contributed by atoms with Gasteiger partial charge in [0.25, 0.3) is 0 Å². The van der Waals surface area contributed by atoms with Crippen molar-refractivity contribution in [1.82, 2.24) is 0 Å². The van der Waals surface area contributed by atoms with Crippen molar-refractivity contribution in [1.29, 1.82) is 0 Å². The first-order valence-corrected chi connectivity index (χ1v) is 5.65. The molecule has 0 atom stereocenters. The van der Waals surface area contributed by atoms with Crippen molar-refractivity contribution < 1.29 is 27.2 Å². The van der Waals surface area contributed by atoms with E-state index < -0.39 is 30.3 Å². The highest BCUT2D eigenvalue weighted by atomic mass is 32.1. The summed E-state index contributed by atoms with van der Waals surface area (Å²) in [4.78, 5) is 22.6. The van der Waals surface area contributed by atoms with Crippen LogP contribution in [0.2, 0.25) is 0 Å². The molecule has 2 nitrogen and oxygen atoms in total. The number of hydrogen-bond acceptors (Lipinski definition) is 3. The lowest BCUT2D eigenvalue weighted by atomic mass is 10.1. The molecule has 18 heavy (non-hydrogen) atoms. The van der Waals surface area contributed by atoms with E-state index in [9.17, 15) is 27.2 Å². The molecular formula is C11H8F4O2S. The second-order valence-corrected chi connectivity index (χ2v) is 4.32. The van der Waals surface area contributed by atoms with Crippen molar-refractivity contribution in [3.8, 4) is 0 Å². The smallest absolute Gasteiger partial charge is 0.294 e. The minimum atomic E-state index is -4.77. The minimum Gasteiger partial charge on any atom is -0.294 e. The van der Waals surface area contributed by atoms with E-state index in [4.69, 9.17) is 0 Å². The fourth-order valence-electron chi connectivity index (χ4n) is 1.02. The standard InChI is InChI=1S/C11H8F4O2S/c12-10(13)11(14,15)9(17)6-7(16)3-4-8-2-1-5-18-8/h1-5,10H,6H2. The summed E-state index contributed by atoms with van der Waals surface area (Å²) in [6.07, 6.45) is -3.08. The van der Waals surface area contributed by atoms with Crippen LogP contribution in [0.15, 0.2) is 23.6 Å². The predicted molar refractivity (Wildman–Crippen MR) is 58.9 cm³/mol. The van der Waals surface area contributed by atoms with E-state index in [0.717, 1.165) is 6.08 Å². The Kier molecular flexibility index (Phi) is 4.77. The number of allylic oxidation sites excluding steroid dienone is 1. The predicted octanol–water partition coefficient (Wildman–Crippen LogP) is 3.19. The largest absolute Gasteiger partial charge is 0.364 e. The van der Waals surface area contributed by atoms with Gasteiger partial charge >= 0.3 is 12.3 Å². The SMILES string of the molecule is O=C(C=Cc1cccs1)CC(=O)C(F)(F)C(F)F. The zero-order chi connectivity index (χ0) is 13.8. The Morgan fingerprint density at radius 3 is 2.56 bits per heavy atom. The van der Waals surface area contributed by atoms with E-state index in [1.54, 1.807) is 17.5 Å². The van der Waals surface area contributed by atoms with Crippen LogP contribution in [-0.2, 0) is 9.59 Å². The first-order valence-electron chi connectivity index (χ1n) is 4.77. The second kappa shape index (κ2) is 5.90. The van der Waals surface area contributed by atoms with Gasteiger partial charge in [0.05, 0.1) is 6.42 Å². The molecule has 0 bridgehead atoms. The van der Waals surface area contributed by atoms with Crippen molar-refractivity contribution in [2.24, 2.45) is 0 Å². The van der Waals surface area contributed by atoms with E-state index in [2.05, 4.69) is 0 Å². The summed E-state index contributed by atoms with van der Waals surface area (Å²) in [7, 11) is 0. The molecule has 0 saturated carbocycles. The topological polar surface area (TPSA) is 34.1 Å². The Bertz CT molecular complexity index is 452. The van der Waals surface area contributed by atoms with Crippen LogP contribution in [0.25, 0.3) is 6.08 Å². The van der Waals surface area contributed by atoms with Gasteiger partial charge in [-0.1, -0.05) is 6.07 Å². The molecule has 0 saturated heterocycles. The maximum Gasteiger partial charge on any atom is 0.364 e. The average Bonchev–Trinajstić information content (AvgIpc) is 2.78. The van der Waals surface area contributed by atoms with Gasteiger partial charge < -0.3 is 0 Å². The van der Waals surface area contributed by atoms with E-state index >= 15 is 0 Å². The molecule has 0 unspecified atom stereocenters. The zero-order valence-electron chi connectivity index (χ0n) is 8.91. The number of carbonyl (C=O) groups excluding carboxylic acids is 2. The Balaban J connectivity index is 2.58. The highest BCUT2D eigenvalue weighted by Crippen LogP contribution is 2.25. The molecule has 98 valence electrons. The minimum absolute atomic E-state index is 0.691. The molecule has 0 aliphatic heterocycles. The molecule has 1 aromatic rings. The van der Waals surface area contributed by atoms with E-state index in [-0.39, 0.29) is 0 Å². The maximum atomic E-state index is 12.5. The van der Waals surface area contributed by atoms with Crippen molar-refractivity contribution in [3.63, 3.8) is 0 Å². The summed E-state index contributed by atoms with van der Waals surface area (Å²) < 4.78 is 48.7. The molecule has 1 heterocycles. The van der Waals surface area contributed by atoms with Gasteiger partial charge in [-0.3, -0.25) is 9.59 Å². The van der Waals surface area contributed by atoms with Crippen molar-refractivity contribution in [2.75, 3.05) is 0 Å². The van der Waals surface area contributed by atoms with Crippen LogP contribution in [0.5, 0.6) is 0 Å². The summed E-state index contributed by atoms with van der Waals surface area (Å²) in [6.45, 7) is 0. The normalized spacial score (nSPS) is 12.3. The van der Waals surface area contributed by atoms with Crippen molar-refractivity contribution in [2.45, 2.75) is 18.8 Å². The maximum absolute atomic E-state index is 12.5. The Hall–Kier alpha value is -1.50. The first-order chi connectivity index (χ1) is 8.34. The summed E-state index contributed by atoms with van der Waals surface area (Å²) in [5.41, 5.74) is 0. The molecule has 1 aromatic heterocycles. The molecule has 0 fully saturated rings. The van der Waals surface area contributed by atoms with Crippen LogP contribution in [0.4, 0.5) is 17.6 Å². The monoisotopic (exact) mass is 280 g/mol. The lowest BCUT2D eigenvalue weighted by Gasteiger charge is -2.12. The summed E-state index contributed by atoms with van der Waals surface area (Å²) in [5.74, 6) is -7.78. The number of halogens is 4. The van der Waals surface area contributed by atoms with E-state index in [1.807, 2.05) is 0 Å². The third-order valence-electron chi connectivity index (χ3n) is 1.96. The zero-order valence-corrected chi connectivity index (χ0v) is 9.72. The van der Waals surface area contributed by atoms with E-state index in [0.29, 0.717) is 4.88 Å². The second-order valence-electron chi connectivity index (χ2n) is 3.34. The molecule has 0 aliphatic carbocycles. The first kappa shape index (κ1) is 14.6. The number of thiophene rings is 1. The number of rotatable bonds is 6. The van der Waals surface area contributed by atoms with Gasteiger partial charge in [0, 0.05) is 4.88 Å². The number of carbonyl (C=O) groups is 2. The molecule has 0 aliphatic rings. The molecule has 0 spiro atoms. The Morgan fingerprint density at radius 1 is 1.39 bits per heavy atom. The number of Topliss-reactive ketones (excluding diaryl/α,β-unsaturated/α-hetero) is 1. The van der Waals surface area contributed by atoms with E-state index in [1.165, 1.54) is 17.4 Å². The van der Waals surface area contributed by atoms with Crippen LogP contribution in [0.1, 0.15) is 11.3 Å². The van der Waals surface area contributed by atoms with Gasteiger partial charge in [0.1, 0.15) is 0 Å². The molecule has 0 aromatic carbocycles. The number of hydrogen-bond donors (Lipinski definition) is 0. The lowest BCUT2D eigenvalue weighted by Crippen LogP contribution is -2.37. The van der Waals surface area contributed by atoms with Crippen molar-refractivity contribution >= 4 is 29.0 Å². The fraction of sp³-hybridized carbons (Fsp3) is 0.273. The highest BCUT2D eigenvalue weighted by molar-refractivity contribution is 7.10. The van der Waals surface area contributed by atoms with Crippen LogP contribution < -0.4 is 0 Å². The third-order valence-corrected chi connectivity index (χ3v) is 2.79. The molecule has 0 N–H and O–H groups in total. The molecule has 1 rings (SSSR count). The van der Waals surface area contributed by atoms with Crippen LogP contribution >= 0.6 is 11.3 Å². The third kappa shape index (κ3) is 3.76. The molecule has 7 heteroatoms. The summed E-state index contributed by atoms with van der Waals surface area (Å²) in [5, 5.41) is 1.74. The quantitative estimate of drug-likeness (QED) is 0.455. The average molecular weight is 280 g/mol. The summed E-state index contributed by atoms with van der Waals surface area (Å²) >= 11 is 1.30. The van der Waals surface area contributed by atoms with Crippen LogP contribution in [0, 0.1) is 0 Å². The van der Waals surface area contributed by atoms with Gasteiger partial charge in [-0.25, -0.2) is 8.78 Å². The molecule has 0 amide bonds. The van der Waals surface area contributed by atoms with Gasteiger partial charge in [0.2, 0.25) is 5.78 Å². The van der Waals surface area contributed by atoms with Crippen molar-refractivity contribution in [3.05, 3.63) is 28.5 Å². The molecule has 0 radical (unpaired) electrons. The van der Waals surface area contributed by atoms with Crippen LogP contribution in [0.3, 0.4) is 0 Å². The number of alkyl halides is 4. The molecular weight excluding hydrogens is 272 g/mol. The van der Waals surface area contributed by atoms with Gasteiger partial charge in [-0.15, -0.1) is 11.3 Å². The van der Waals surface area contributed by atoms with Gasteiger partial charge in [-0.2, -0.15) is 8.78 Å².